The van der Waals surface area contributed by atoms with Crippen molar-refractivity contribution in [3.8, 4) is 0 Å². The van der Waals surface area contributed by atoms with E-state index in [2.05, 4.69) is 5.32 Å². The molecule has 5 heteroatoms. The van der Waals surface area contributed by atoms with Crippen LogP contribution in [0.3, 0.4) is 0 Å². The van der Waals surface area contributed by atoms with E-state index in [1.807, 2.05) is 0 Å². The second kappa shape index (κ2) is 4.97. The Labute approximate surface area is 107 Å². The number of hydrogen-bond acceptors (Lipinski definition) is 4. The molecule has 0 unspecified atom stereocenters. The molecule has 4 N–H and O–H groups in total. The third-order valence-corrected chi connectivity index (χ3v) is 4.53. The van der Waals surface area contributed by atoms with Crippen LogP contribution < -0.4 is 11.1 Å². The van der Waals surface area contributed by atoms with Gasteiger partial charge in [0.1, 0.15) is 11.8 Å². The predicted molar refractivity (Wildman–Crippen MR) is 66.7 cm³/mol. The molecular formula is C13H22N2O3. The van der Waals surface area contributed by atoms with Gasteiger partial charge in [-0.2, -0.15) is 0 Å². The summed E-state index contributed by atoms with van der Waals surface area (Å²) in [5, 5.41) is 12.1. The summed E-state index contributed by atoms with van der Waals surface area (Å²) in [4.78, 5) is 23.3. The third kappa shape index (κ3) is 2.42. The quantitative estimate of drug-likeness (QED) is 0.666. The minimum absolute atomic E-state index is 0.0619. The highest BCUT2D eigenvalue weighted by Crippen LogP contribution is 2.48. The van der Waals surface area contributed by atoms with Crippen LogP contribution >= 0.6 is 0 Å². The van der Waals surface area contributed by atoms with Crippen LogP contribution in [0, 0.1) is 5.41 Å². The molecular weight excluding hydrogens is 232 g/mol. The van der Waals surface area contributed by atoms with Crippen LogP contribution in [0.1, 0.15) is 45.4 Å². The van der Waals surface area contributed by atoms with Crippen LogP contribution in [0.25, 0.3) is 0 Å². The van der Waals surface area contributed by atoms with Gasteiger partial charge in [0.15, 0.2) is 0 Å². The standard InChI is InChI=1S/C13H22N2O3/c1-8(16)11(14)12(18)15-9-2-5-13(6-3-9)7-4-10(13)17/h8-9,11,16H,2-7,14H2,1H3,(H,15,18)/t8-,9?,11+,13?/m1/s1. The van der Waals surface area contributed by atoms with E-state index in [1.54, 1.807) is 0 Å². The number of nitrogens with one attached hydrogen (secondary N) is 1. The second-order valence-corrected chi connectivity index (χ2v) is 5.75. The highest BCUT2D eigenvalue weighted by molar-refractivity contribution is 5.90. The first-order chi connectivity index (χ1) is 8.44. The maximum Gasteiger partial charge on any atom is 0.239 e. The van der Waals surface area contributed by atoms with E-state index in [1.165, 1.54) is 6.92 Å². The highest BCUT2D eigenvalue weighted by Gasteiger charge is 2.47. The molecule has 2 fully saturated rings. The van der Waals surface area contributed by atoms with Crippen molar-refractivity contribution in [3.05, 3.63) is 0 Å². The average molecular weight is 254 g/mol. The van der Waals surface area contributed by atoms with Gasteiger partial charge in [0.05, 0.1) is 6.10 Å². The van der Waals surface area contributed by atoms with Crippen LogP contribution in [0.4, 0.5) is 0 Å². The zero-order chi connectivity index (χ0) is 13.3. The van der Waals surface area contributed by atoms with Crippen LogP contribution in [0.15, 0.2) is 0 Å². The van der Waals surface area contributed by atoms with Gasteiger partial charge in [-0.3, -0.25) is 9.59 Å². The van der Waals surface area contributed by atoms with E-state index in [4.69, 9.17) is 5.73 Å². The van der Waals surface area contributed by atoms with Gasteiger partial charge in [-0.05, 0) is 39.0 Å². The largest absolute Gasteiger partial charge is 0.391 e. The van der Waals surface area contributed by atoms with E-state index in [-0.39, 0.29) is 17.4 Å². The molecule has 2 atom stereocenters. The molecule has 0 bridgehead atoms. The van der Waals surface area contributed by atoms with Crippen LogP contribution in [0.5, 0.6) is 0 Å². The Morgan fingerprint density at radius 1 is 1.44 bits per heavy atom. The Bertz CT molecular complexity index is 346. The molecule has 1 amide bonds. The van der Waals surface area contributed by atoms with Gasteiger partial charge in [-0.25, -0.2) is 0 Å². The summed E-state index contributed by atoms with van der Waals surface area (Å²) in [6, 6.07) is -0.771. The molecule has 102 valence electrons. The first-order valence-electron chi connectivity index (χ1n) is 6.72. The number of aliphatic hydroxyl groups is 1. The van der Waals surface area contributed by atoms with Gasteiger partial charge in [0, 0.05) is 17.9 Å². The van der Waals surface area contributed by atoms with Crippen molar-refractivity contribution >= 4 is 11.7 Å². The lowest BCUT2D eigenvalue weighted by molar-refractivity contribution is -0.141. The van der Waals surface area contributed by atoms with Crippen LogP contribution in [0.2, 0.25) is 0 Å². The number of ketones is 1. The van der Waals surface area contributed by atoms with E-state index in [9.17, 15) is 14.7 Å². The Kier molecular flexibility index (Phi) is 3.73. The topological polar surface area (TPSA) is 92.4 Å². The van der Waals surface area contributed by atoms with Crippen LogP contribution in [-0.2, 0) is 9.59 Å². The average Bonchev–Trinajstić information content (AvgIpc) is 2.36. The number of carbonyl (C=O) groups excluding carboxylic acids is 2. The Hall–Kier alpha value is -0.940. The van der Waals surface area contributed by atoms with Gasteiger partial charge in [0.25, 0.3) is 0 Å². The lowest BCUT2D eigenvalue weighted by Crippen LogP contribution is -2.53. The van der Waals surface area contributed by atoms with Crippen molar-refractivity contribution in [3.63, 3.8) is 0 Å². The minimum atomic E-state index is -0.869. The fourth-order valence-corrected chi connectivity index (χ4v) is 2.94. The smallest absolute Gasteiger partial charge is 0.239 e. The lowest BCUT2D eigenvalue weighted by Gasteiger charge is -2.45. The van der Waals surface area contributed by atoms with Crippen LogP contribution in [-0.4, -0.2) is 35.0 Å². The SMILES string of the molecule is C[C@@H](O)[C@H](N)C(=O)NC1CCC2(CCC2=O)CC1. The second-order valence-electron chi connectivity index (χ2n) is 5.75. The summed E-state index contributed by atoms with van der Waals surface area (Å²) in [7, 11) is 0. The number of amides is 1. The Balaban J connectivity index is 1.80. The Morgan fingerprint density at radius 2 is 2.06 bits per heavy atom. The predicted octanol–water partition coefficient (Wildman–Crippen LogP) is 0.103. The van der Waals surface area contributed by atoms with E-state index >= 15 is 0 Å². The molecule has 2 rings (SSSR count). The lowest BCUT2D eigenvalue weighted by atomic mass is 9.59. The van der Waals surface area contributed by atoms with Crippen molar-refractivity contribution in [1.29, 1.82) is 0 Å². The van der Waals surface area contributed by atoms with Gasteiger partial charge >= 0.3 is 0 Å². The fourth-order valence-electron chi connectivity index (χ4n) is 2.94. The summed E-state index contributed by atoms with van der Waals surface area (Å²) in [5.41, 5.74) is 5.51. The minimum Gasteiger partial charge on any atom is -0.391 e. The molecule has 0 aromatic rings. The van der Waals surface area contributed by atoms with E-state index < -0.39 is 12.1 Å². The fraction of sp³-hybridized carbons (Fsp3) is 0.846. The molecule has 2 aliphatic rings. The van der Waals surface area contributed by atoms with Gasteiger partial charge in [-0.1, -0.05) is 0 Å². The molecule has 18 heavy (non-hydrogen) atoms. The molecule has 0 saturated heterocycles. The molecule has 1 spiro atoms. The van der Waals surface area contributed by atoms with Gasteiger partial charge in [-0.15, -0.1) is 0 Å². The van der Waals surface area contributed by atoms with E-state index in [0.717, 1.165) is 38.5 Å². The van der Waals surface area contributed by atoms with Crippen molar-refractivity contribution in [2.45, 2.75) is 63.6 Å². The zero-order valence-electron chi connectivity index (χ0n) is 10.8. The first-order valence-corrected chi connectivity index (χ1v) is 6.72. The molecule has 0 radical (unpaired) electrons. The molecule has 0 aromatic carbocycles. The summed E-state index contributed by atoms with van der Waals surface area (Å²) >= 11 is 0. The number of carbonyl (C=O) groups is 2. The monoisotopic (exact) mass is 254 g/mol. The van der Waals surface area contributed by atoms with Crippen molar-refractivity contribution in [1.82, 2.24) is 5.32 Å². The number of hydrogen-bond donors (Lipinski definition) is 3. The first kappa shape index (κ1) is 13.5. The van der Waals surface area contributed by atoms with Gasteiger partial charge in [0.2, 0.25) is 5.91 Å². The molecule has 2 aliphatic carbocycles. The molecule has 0 aromatic heterocycles. The number of Topliss-reactive ketones (excluding diaryl/α,β-unsaturated/α-hetero) is 1. The van der Waals surface area contributed by atoms with Crippen molar-refractivity contribution < 1.29 is 14.7 Å². The number of nitrogens with two attached hydrogens (primary N) is 1. The van der Waals surface area contributed by atoms with Gasteiger partial charge < -0.3 is 16.2 Å². The maximum absolute atomic E-state index is 11.7. The molecule has 2 saturated carbocycles. The number of rotatable bonds is 3. The molecule has 5 nitrogen and oxygen atoms in total. The highest BCUT2D eigenvalue weighted by atomic mass is 16.3. The molecule has 0 heterocycles. The maximum atomic E-state index is 11.7. The normalized spacial score (nSPS) is 34.8. The Morgan fingerprint density at radius 3 is 2.44 bits per heavy atom. The zero-order valence-corrected chi connectivity index (χ0v) is 10.8. The third-order valence-electron chi connectivity index (χ3n) is 4.53. The number of aliphatic hydroxyl groups excluding tert-OH is 1. The summed E-state index contributed by atoms with van der Waals surface area (Å²) in [6.45, 7) is 1.51. The molecule has 0 aliphatic heterocycles. The summed E-state index contributed by atoms with van der Waals surface area (Å²) in [6.07, 6.45) is 4.33. The van der Waals surface area contributed by atoms with E-state index in [0.29, 0.717) is 5.78 Å². The van der Waals surface area contributed by atoms with Crippen molar-refractivity contribution in [2.24, 2.45) is 11.1 Å². The summed E-state index contributed by atoms with van der Waals surface area (Å²) < 4.78 is 0. The van der Waals surface area contributed by atoms with Crippen molar-refractivity contribution in [2.75, 3.05) is 0 Å². The summed E-state index contributed by atoms with van der Waals surface area (Å²) in [5.74, 6) is 0.0962.